The monoisotopic (exact) mass is 495 g/mol. The molecule has 1 fully saturated rings. The van der Waals surface area contributed by atoms with Gasteiger partial charge in [-0.25, -0.2) is 4.98 Å². The van der Waals surface area contributed by atoms with Gasteiger partial charge in [-0.2, -0.15) is 5.26 Å². The van der Waals surface area contributed by atoms with E-state index in [1.807, 2.05) is 9.80 Å². The third kappa shape index (κ3) is 4.36. The smallest absolute Gasteiger partial charge is 0.261 e. The number of nitrogens with zero attached hydrogens (tertiary/aromatic N) is 5. The number of amides is 3. The molecule has 0 atom stereocenters. The molecule has 0 radical (unpaired) electrons. The van der Waals surface area contributed by atoms with E-state index in [4.69, 9.17) is 0 Å². The van der Waals surface area contributed by atoms with E-state index in [9.17, 15) is 19.6 Å². The molecule has 0 N–H and O–H groups in total. The minimum atomic E-state index is -0.312. The number of imide groups is 1. The molecule has 2 aromatic rings. The molecule has 9 heteroatoms. The number of halogens is 1. The number of carbonyl (C=O) groups is 3. The van der Waals surface area contributed by atoms with Crippen molar-refractivity contribution in [2.75, 3.05) is 37.6 Å². The molecule has 0 unspecified atom stereocenters. The summed E-state index contributed by atoms with van der Waals surface area (Å²) in [5.41, 5.74) is 1.33. The number of benzene rings is 1. The van der Waals surface area contributed by atoms with Crippen LogP contribution in [0.4, 0.5) is 5.82 Å². The zero-order valence-electron chi connectivity index (χ0n) is 17.5. The lowest BCUT2D eigenvalue weighted by atomic mass is 10.1. The lowest BCUT2D eigenvalue weighted by molar-refractivity contribution is -0.131. The highest BCUT2D eigenvalue weighted by atomic mass is 79.9. The Kier molecular flexibility index (Phi) is 6.51. The van der Waals surface area contributed by atoms with Crippen LogP contribution in [0.1, 0.15) is 45.5 Å². The maximum absolute atomic E-state index is 12.8. The van der Waals surface area contributed by atoms with Gasteiger partial charge in [-0.3, -0.25) is 19.3 Å². The topological polar surface area (TPSA) is 97.6 Å². The molecule has 3 heterocycles. The molecule has 1 aromatic heterocycles. The molecule has 4 rings (SSSR count). The van der Waals surface area contributed by atoms with E-state index >= 15 is 0 Å². The largest absolute Gasteiger partial charge is 0.354 e. The second-order valence-electron chi connectivity index (χ2n) is 7.76. The zero-order valence-corrected chi connectivity index (χ0v) is 19.0. The Hall–Kier alpha value is -3.25. The standard InChI is InChI=1S/C23H22BrN5O3/c24-17-6-7-18-19(14-17)23(32)29(22(18)31)11-2-5-20(30)27-9-3-10-28(13-12-27)21-16(15-25)4-1-8-26-21/h1,4,6-8,14H,2-3,5,9-13H2. The molecule has 0 spiro atoms. The van der Waals surface area contributed by atoms with Crippen LogP contribution in [0.3, 0.4) is 0 Å². The molecule has 0 bridgehead atoms. The summed E-state index contributed by atoms with van der Waals surface area (Å²) in [4.78, 5) is 47.3. The first-order valence-electron chi connectivity index (χ1n) is 10.5. The van der Waals surface area contributed by atoms with E-state index in [-0.39, 0.29) is 30.7 Å². The molecular formula is C23H22BrN5O3. The van der Waals surface area contributed by atoms with Crippen molar-refractivity contribution in [1.29, 1.82) is 5.26 Å². The maximum Gasteiger partial charge on any atom is 0.261 e. The lowest BCUT2D eigenvalue weighted by Gasteiger charge is -2.23. The highest BCUT2D eigenvalue weighted by Crippen LogP contribution is 2.26. The molecule has 8 nitrogen and oxygen atoms in total. The number of pyridine rings is 1. The second kappa shape index (κ2) is 9.49. The number of anilines is 1. The van der Waals surface area contributed by atoms with Gasteiger partial charge >= 0.3 is 0 Å². The minimum Gasteiger partial charge on any atom is -0.354 e. The van der Waals surface area contributed by atoms with Gasteiger partial charge in [0.05, 0.1) is 16.7 Å². The summed E-state index contributed by atoms with van der Waals surface area (Å²) in [5, 5.41) is 9.32. The SMILES string of the molecule is N#Cc1cccnc1N1CCCN(C(=O)CCCN2C(=O)c3ccc(Br)cc3C2=O)CC1. The summed E-state index contributed by atoms with van der Waals surface area (Å²) in [6, 6.07) is 10.7. The number of hydrogen-bond donors (Lipinski definition) is 0. The van der Waals surface area contributed by atoms with Crippen LogP contribution in [0, 0.1) is 11.3 Å². The first-order valence-corrected chi connectivity index (χ1v) is 11.3. The fraction of sp³-hybridized carbons (Fsp3) is 0.348. The van der Waals surface area contributed by atoms with Crippen LogP contribution in [0.25, 0.3) is 0 Å². The van der Waals surface area contributed by atoms with Gasteiger partial charge in [0.1, 0.15) is 11.9 Å². The van der Waals surface area contributed by atoms with Crippen molar-refractivity contribution in [2.24, 2.45) is 0 Å². The average molecular weight is 496 g/mol. The molecule has 2 aliphatic rings. The molecular weight excluding hydrogens is 474 g/mol. The van der Waals surface area contributed by atoms with Gasteiger partial charge in [0, 0.05) is 49.8 Å². The van der Waals surface area contributed by atoms with Gasteiger partial charge < -0.3 is 9.80 Å². The summed E-state index contributed by atoms with van der Waals surface area (Å²) >= 11 is 3.33. The van der Waals surface area contributed by atoms with E-state index in [1.165, 1.54) is 4.90 Å². The van der Waals surface area contributed by atoms with Crippen molar-refractivity contribution in [2.45, 2.75) is 19.3 Å². The Balaban J connectivity index is 1.30. The Bertz CT molecular complexity index is 1110. The van der Waals surface area contributed by atoms with Crippen LogP contribution in [-0.2, 0) is 4.79 Å². The van der Waals surface area contributed by atoms with E-state index in [0.717, 1.165) is 17.4 Å². The summed E-state index contributed by atoms with van der Waals surface area (Å²) in [5.74, 6) is 0.0427. The Morgan fingerprint density at radius 1 is 1.09 bits per heavy atom. The number of aromatic nitrogens is 1. The van der Waals surface area contributed by atoms with Crippen LogP contribution < -0.4 is 4.90 Å². The summed E-state index contributed by atoms with van der Waals surface area (Å²) in [7, 11) is 0. The van der Waals surface area contributed by atoms with Gasteiger partial charge in [-0.15, -0.1) is 0 Å². The number of carbonyl (C=O) groups excluding carboxylic acids is 3. The molecule has 164 valence electrons. The summed E-state index contributed by atoms with van der Waals surface area (Å²) in [6.07, 6.45) is 3.14. The molecule has 0 saturated carbocycles. The third-order valence-electron chi connectivity index (χ3n) is 5.76. The maximum atomic E-state index is 12.8. The van der Waals surface area contributed by atoms with Crippen molar-refractivity contribution < 1.29 is 14.4 Å². The molecule has 1 saturated heterocycles. The highest BCUT2D eigenvalue weighted by Gasteiger charge is 2.35. The van der Waals surface area contributed by atoms with Gasteiger partial charge in [0.2, 0.25) is 5.91 Å². The second-order valence-corrected chi connectivity index (χ2v) is 8.68. The number of hydrogen-bond acceptors (Lipinski definition) is 6. The molecule has 0 aliphatic carbocycles. The van der Waals surface area contributed by atoms with E-state index < -0.39 is 0 Å². The highest BCUT2D eigenvalue weighted by molar-refractivity contribution is 9.10. The summed E-state index contributed by atoms with van der Waals surface area (Å²) in [6.45, 7) is 2.71. The Morgan fingerprint density at radius 3 is 2.72 bits per heavy atom. The predicted octanol–water partition coefficient (Wildman–Crippen LogP) is 2.83. The zero-order chi connectivity index (χ0) is 22.7. The fourth-order valence-corrected chi connectivity index (χ4v) is 4.49. The van der Waals surface area contributed by atoms with Crippen LogP contribution in [0.5, 0.6) is 0 Å². The average Bonchev–Trinajstić information content (AvgIpc) is 2.97. The number of nitriles is 1. The Morgan fingerprint density at radius 2 is 1.91 bits per heavy atom. The first kappa shape index (κ1) is 22.0. The van der Waals surface area contributed by atoms with Crippen molar-refractivity contribution in [3.05, 3.63) is 57.7 Å². The van der Waals surface area contributed by atoms with Crippen molar-refractivity contribution >= 4 is 39.5 Å². The third-order valence-corrected chi connectivity index (χ3v) is 6.25. The van der Waals surface area contributed by atoms with Crippen molar-refractivity contribution in [1.82, 2.24) is 14.8 Å². The summed E-state index contributed by atoms with van der Waals surface area (Å²) < 4.78 is 0.747. The van der Waals surface area contributed by atoms with Crippen LogP contribution in [-0.4, -0.2) is 65.2 Å². The van der Waals surface area contributed by atoms with Gasteiger partial charge in [-0.05, 0) is 43.2 Å². The van der Waals surface area contributed by atoms with Gasteiger partial charge in [0.25, 0.3) is 11.8 Å². The van der Waals surface area contributed by atoms with Crippen LogP contribution in [0.15, 0.2) is 41.0 Å². The van der Waals surface area contributed by atoms with Crippen molar-refractivity contribution in [3.63, 3.8) is 0 Å². The fourth-order valence-electron chi connectivity index (χ4n) is 4.13. The van der Waals surface area contributed by atoms with Gasteiger partial charge in [0.15, 0.2) is 0 Å². The quantitative estimate of drug-likeness (QED) is 0.591. The van der Waals surface area contributed by atoms with Gasteiger partial charge in [-0.1, -0.05) is 15.9 Å². The molecule has 2 aliphatic heterocycles. The molecule has 32 heavy (non-hydrogen) atoms. The number of fused-ring (bicyclic) bond motifs is 1. The van der Waals surface area contributed by atoms with Crippen LogP contribution in [0.2, 0.25) is 0 Å². The molecule has 1 aromatic carbocycles. The Labute approximate surface area is 194 Å². The molecule has 3 amide bonds. The minimum absolute atomic E-state index is 0.00716. The van der Waals surface area contributed by atoms with E-state index in [0.29, 0.717) is 48.6 Å². The van der Waals surface area contributed by atoms with E-state index in [2.05, 4.69) is 27.0 Å². The van der Waals surface area contributed by atoms with E-state index in [1.54, 1.807) is 36.5 Å². The van der Waals surface area contributed by atoms with Crippen LogP contribution >= 0.6 is 15.9 Å². The number of rotatable bonds is 5. The lowest BCUT2D eigenvalue weighted by Crippen LogP contribution is -2.36. The first-order chi connectivity index (χ1) is 15.5. The predicted molar refractivity (Wildman–Crippen MR) is 121 cm³/mol. The normalized spacial score (nSPS) is 16.1. The van der Waals surface area contributed by atoms with Crippen molar-refractivity contribution in [3.8, 4) is 6.07 Å².